The van der Waals surface area contributed by atoms with Gasteiger partial charge in [-0.3, -0.25) is 14.6 Å². The van der Waals surface area contributed by atoms with Gasteiger partial charge in [-0.05, 0) is 29.7 Å². The number of hydrogen-bond acceptors (Lipinski definition) is 4. The molecule has 0 saturated carbocycles. The van der Waals surface area contributed by atoms with Crippen LogP contribution in [0.3, 0.4) is 0 Å². The topological polar surface area (TPSA) is 74.3 Å². The molecule has 2 aromatic rings. The summed E-state index contributed by atoms with van der Waals surface area (Å²) in [6.07, 6.45) is -2.63. The monoisotopic (exact) mass is 460 g/mol. The fourth-order valence-corrected chi connectivity index (χ4v) is 4.86. The zero-order valence-corrected chi connectivity index (χ0v) is 18.7. The summed E-state index contributed by atoms with van der Waals surface area (Å²) in [5.41, 5.74) is 2.70. The first-order valence-electron chi connectivity index (χ1n) is 10.9. The molecular weight excluding hydrogens is 433 g/mol. The average Bonchev–Trinajstić information content (AvgIpc) is 3.29. The summed E-state index contributed by atoms with van der Waals surface area (Å²) in [6, 6.07) is 8.95. The number of amides is 2. The average molecular weight is 461 g/mol. The zero-order valence-electron chi connectivity index (χ0n) is 18.7. The van der Waals surface area contributed by atoms with E-state index in [0.29, 0.717) is 10.6 Å². The maximum Gasteiger partial charge on any atom is 0.414 e. The number of halogens is 3. The lowest BCUT2D eigenvalue weighted by Crippen LogP contribution is -2.43. The number of hydrogen-bond donors (Lipinski definition) is 2. The van der Waals surface area contributed by atoms with Gasteiger partial charge < -0.3 is 15.5 Å². The van der Waals surface area contributed by atoms with Crippen LogP contribution in [-0.2, 0) is 21.4 Å². The second-order valence-electron chi connectivity index (χ2n) is 9.35. The van der Waals surface area contributed by atoms with Gasteiger partial charge in [0.25, 0.3) is 0 Å². The molecule has 1 aromatic heterocycles. The summed E-state index contributed by atoms with van der Waals surface area (Å²) >= 11 is 0. The standard InChI is InChI=1S/C24H27F3N4O2/c1-23(2)17-7-5-4-6-14(17)10-19(23)30-16-8-9-18(28-13-16)21(24(25,26)27)31(3)22(33)15-11-20(32)29-12-15/h4-9,13,15,19,21,30H,10-12H2,1-3H3,(H,29,32)/t15?,19?,21-/m0/s1. The van der Waals surface area contributed by atoms with Gasteiger partial charge in [0.05, 0.1) is 23.5 Å². The molecule has 1 aliphatic heterocycles. The summed E-state index contributed by atoms with van der Waals surface area (Å²) in [5.74, 6) is -1.87. The third-order valence-electron chi connectivity index (χ3n) is 6.79. The molecule has 2 amide bonds. The predicted octanol–water partition coefficient (Wildman–Crippen LogP) is 3.59. The van der Waals surface area contributed by atoms with E-state index in [9.17, 15) is 22.8 Å². The van der Waals surface area contributed by atoms with Crippen LogP contribution in [0.25, 0.3) is 0 Å². The Balaban J connectivity index is 1.52. The van der Waals surface area contributed by atoms with Crippen LogP contribution >= 0.6 is 0 Å². The van der Waals surface area contributed by atoms with Crippen molar-refractivity contribution in [2.24, 2.45) is 5.92 Å². The normalized spacial score (nSPS) is 22.4. The lowest BCUT2D eigenvalue weighted by atomic mass is 9.83. The van der Waals surface area contributed by atoms with E-state index < -0.39 is 24.0 Å². The molecule has 0 spiro atoms. The smallest absolute Gasteiger partial charge is 0.380 e. The Morgan fingerprint density at radius 1 is 1.21 bits per heavy atom. The Morgan fingerprint density at radius 3 is 2.52 bits per heavy atom. The molecule has 3 atom stereocenters. The van der Waals surface area contributed by atoms with Gasteiger partial charge >= 0.3 is 6.18 Å². The van der Waals surface area contributed by atoms with E-state index in [1.54, 1.807) is 6.07 Å². The second-order valence-corrected chi connectivity index (χ2v) is 9.35. The number of anilines is 1. The Kier molecular flexibility index (Phi) is 5.84. The van der Waals surface area contributed by atoms with Crippen LogP contribution in [0.5, 0.6) is 0 Å². The van der Waals surface area contributed by atoms with Gasteiger partial charge in [-0.15, -0.1) is 0 Å². The highest BCUT2D eigenvalue weighted by atomic mass is 19.4. The molecule has 2 N–H and O–H groups in total. The van der Waals surface area contributed by atoms with E-state index in [4.69, 9.17) is 0 Å². The zero-order chi connectivity index (χ0) is 24.0. The minimum absolute atomic E-state index is 0.0441. The summed E-state index contributed by atoms with van der Waals surface area (Å²) in [6.45, 7) is 4.32. The Bertz CT molecular complexity index is 1050. The van der Waals surface area contributed by atoms with Crippen molar-refractivity contribution in [3.05, 3.63) is 59.4 Å². The number of nitrogens with zero attached hydrogens (tertiary/aromatic N) is 2. The Hall–Kier alpha value is -3.10. The molecule has 1 saturated heterocycles. The van der Waals surface area contributed by atoms with Crippen LogP contribution in [0, 0.1) is 5.92 Å². The minimum Gasteiger partial charge on any atom is -0.380 e. The van der Waals surface area contributed by atoms with Crippen molar-refractivity contribution in [3.63, 3.8) is 0 Å². The number of alkyl halides is 3. The van der Waals surface area contributed by atoms with Crippen molar-refractivity contribution in [3.8, 4) is 0 Å². The van der Waals surface area contributed by atoms with Crippen molar-refractivity contribution >= 4 is 17.5 Å². The molecule has 4 rings (SSSR count). The van der Waals surface area contributed by atoms with Crippen LogP contribution in [0.4, 0.5) is 18.9 Å². The number of rotatable bonds is 5. The molecule has 6 nitrogen and oxygen atoms in total. The first kappa shape index (κ1) is 23.1. The number of carbonyl (C=O) groups is 2. The molecule has 1 aliphatic carbocycles. The summed E-state index contributed by atoms with van der Waals surface area (Å²) in [7, 11) is 1.11. The van der Waals surface area contributed by atoms with Gasteiger partial charge in [0.2, 0.25) is 11.8 Å². The first-order chi connectivity index (χ1) is 15.5. The maximum absolute atomic E-state index is 13.9. The molecule has 0 bridgehead atoms. The van der Waals surface area contributed by atoms with Crippen molar-refractivity contribution in [1.82, 2.24) is 15.2 Å². The number of aromatic nitrogens is 1. The fraction of sp³-hybridized carbons (Fsp3) is 0.458. The Labute approximate surface area is 190 Å². The quantitative estimate of drug-likeness (QED) is 0.715. The Morgan fingerprint density at radius 2 is 1.94 bits per heavy atom. The number of pyridine rings is 1. The van der Waals surface area contributed by atoms with Gasteiger partial charge in [-0.25, -0.2) is 0 Å². The van der Waals surface area contributed by atoms with Crippen molar-refractivity contribution in [2.75, 3.05) is 18.9 Å². The maximum atomic E-state index is 13.9. The highest BCUT2D eigenvalue weighted by Crippen LogP contribution is 2.41. The third-order valence-corrected chi connectivity index (χ3v) is 6.79. The number of fused-ring (bicyclic) bond motifs is 1. The predicted molar refractivity (Wildman–Crippen MR) is 118 cm³/mol. The van der Waals surface area contributed by atoms with Crippen molar-refractivity contribution in [1.29, 1.82) is 0 Å². The summed E-state index contributed by atoms with van der Waals surface area (Å²) < 4.78 is 41.8. The fourth-order valence-electron chi connectivity index (χ4n) is 4.86. The van der Waals surface area contributed by atoms with Crippen LogP contribution in [0.15, 0.2) is 42.6 Å². The second kappa shape index (κ2) is 8.35. The molecule has 2 aliphatic rings. The minimum atomic E-state index is -4.71. The van der Waals surface area contributed by atoms with E-state index in [1.165, 1.54) is 23.4 Å². The highest BCUT2D eigenvalue weighted by Gasteiger charge is 2.48. The molecule has 0 radical (unpaired) electrons. The van der Waals surface area contributed by atoms with Gasteiger partial charge in [-0.2, -0.15) is 13.2 Å². The van der Waals surface area contributed by atoms with E-state index in [2.05, 4.69) is 41.6 Å². The molecule has 2 unspecified atom stereocenters. The van der Waals surface area contributed by atoms with Gasteiger partial charge in [0.15, 0.2) is 6.04 Å². The molecule has 176 valence electrons. The lowest BCUT2D eigenvalue weighted by molar-refractivity contribution is -0.191. The number of benzene rings is 1. The number of nitrogens with one attached hydrogen (secondary N) is 2. The molecule has 1 aromatic carbocycles. The van der Waals surface area contributed by atoms with Gasteiger partial charge in [0, 0.05) is 31.5 Å². The lowest BCUT2D eigenvalue weighted by Gasteiger charge is -2.32. The van der Waals surface area contributed by atoms with E-state index in [1.807, 2.05) is 12.1 Å². The SMILES string of the molecule is CN(C(=O)C1CNC(=O)C1)[C@@H](c1ccc(NC2Cc3ccccc3C2(C)C)cn1)C(F)(F)F. The molecular formula is C24H27F3N4O2. The van der Waals surface area contributed by atoms with Crippen LogP contribution in [0.2, 0.25) is 0 Å². The van der Waals surface area contributed by atoms with Gasteiger partial charge in [0.1, 0.15) is 0 Å². The molecule has 2 heterocycles. The first-order valence-corrected chi connectivity index (χ1v) is 10.9. The summed E-state index contributed by atoms with van der Waals surface area (Å²) in [5, 5.41) is 5.90. The van der Waals surface area contributed by atoms with E-state index >= 15 is 0 Å². The third kappa shape index (κ3) is 4.41. The van der Waals surface area contributed by atoms with Crippen molar-refractivity contribution in [2.45, 2.75) is 50.4 Å². The molecule has 1 fully saturated rings. The van der Waals surface area contributed by atoms with E-state index in [0.717, 1.165) is 13.5 Å². The van der Waals surface area contributed by atoms with Crippen molar-refractivity contribution < 1.29 is 22.8 Å². The van der Waals surface area contributed by atoms with E-state index in [-0.39, 0.29) is 36.0 Å². The van der Waals surface area contributed by atoms with Crippen LogP contribution in [0.1, 0.15) is 43.1 Å². The van der Waals surface area contributed by atoms with Crippen LogP contribution < -0.4 is 10.6 Å². The molecule has 33 heavy (non-hydrogen) atoms. The van der Waals surface area contributed by atoms with Crippen LogP contribution in [-0.4, -0.2) is 47.5 Å². The van der Waals surface area contributed by atoms with Gasteiger partial charge in [-0.1, -0.05) is 38.1 Å². The number of carbonyl (C=O) groups excluding carboxylic acids is 2. The summed E-state index contributed by atoms with van der Waals surface area (Å²) in [4.78, 5) is 28.7. The largest absolute Gasteiger partial charge is 0.414 e. The molecule has 9 heteroatoms. The highest BCUT2D eigenvalue weighted by molar-refractivity contribution is 5.89.